The molecule has 0 aliphatic carbocycles. The molecule has 98 valence electrons. The summed E-state index contributed by atoms with van der Waals surface area (Å²) in [5.74, 6) is -0.158. The Labute approximate surface area is 109 Å². The summed E-state index contributed by atoms with van der Waals surface area (Å²) in [5, 5.41) is 17.3. The molecule has 2 aromatic heterocycles. The van der Waals surface area contributed by atoms with Gasteiger partial charge in [-0.2, -0.15) is 5.10 Å². The number of carbonyl (C=O) groups excluding carboxylic acids is 1. The highest BCUT2D eigenvalue weighted by Gasteiger charge is 2.22. The number of aromatic nitrogens is 2. The highest BCUT2D eigenvalue weighted by molar-refractivity contribution is 7.20. The van der Waals surface area contributed by atoms with E-state index in [0.717, 1.165) is 15.9 Å². The molecule has 0 atom stereocenters. The van der Waals surface area contributed by atoms with Gasteiger partial charge in [0.05, 0.1) is 22.7 Å². The van der Waals surface area contributed by atoms with Crippen molar-refractivity contribution >= 4 is 27.5 Å². The molecule has 2 aromatic rings. The van der Waals surface area contributed by atoms with Gasteiger partial charge in [0, 0.05) is 12.4 Å². The number of hydrogen-bond acceptors (Lipinski definition) is 4. The molecule has 0 aliphatic heterocycles. The number of amides is 1. The third-order valence-corrected chi connectivity index (χ3v) is 3.97. The van der Waals surface area contributed by atoms with Crippen LogP contribution in [0.1, 0.15) is 29.2 Å². The Balaban J connectivity index is 2.32. The quantitative estimate of drug-likeness (QED) is 0.884. The van der Waals surface area contributed by atoms with Crippen LogP contribution in [0.15, 0.2) is 6.07 Å². The summed E-state index contributed by atoms with van der Waals surface area (Å²) in [6.07, 6.45) is 0. The van der Waals surface area contributed by atoms with Gasteiger partial charge in [-0.25, -0.2) is 0 Å². The second-order valence-electron chi connectivity index (χ2n) is 5.03. The Hall–Kier alpha value is -1.40. The topological polar surface area (TPSA) is 67.2 Å². The maximum Gasteiger partial charge on any atom is 0.261 e. The molecular weight excluding hydrogens is 250 g/mol. The van der Waals surface area contributed by atoms with Gasteiger partial charge in [-0.1, -0.05) is 0 Å². The zero-order valence-electron chi connectivity index (χ0n) is 10.9. The van der Waals surface area contributed by atoms with Crippen molar-refractivity contribution in [1.82, 2.24) is 15.1 Å². The first-order valence-corrected chi connectivity index (χ1v) is 6.52. The average molecular weight is 267 g/mol. The van der Waals surface area contributed by atoms with E-state index >= 15 is 0 Å². The van der Waals surface area contributed by atoms with Crippen LogP contribution in [0.4, 0.5) is 0 Å². The number of thiophene rings is 1. The smallest absolute Gasteiger partial charge is 0.261 e. The van der Waals surface area contributed by atoms with Crippen LogP contribution in [0, 0.1) is 6.92 Å². The predicted octanol–water partition coefficient (Wildman–Crippen LogP) is 1.44. The van der Waals surface area contributed by atoms with Gasteiger partial charge >= 0.3 is 0 Å². The molecule has 5 nitrogen and oxygen atoms in total. The molecule has 0 saturated carbocycles. The normalized spacial score (nSPS) is 12.1. The van der Waals surface area contributed by atoms with Crippen molar-refractivity contribution in [2.75, 3.05) is 6.61 Å². The average Bonchev–Trinajstić information content (AvgIpc) is 2.82. The van der Waals surface area contributed by atoms with Crippen LogP contribution in [-0.2, 0) is 7.05 Å². The van der Waals surface area contributed by atoms with E-state index in [1.54, 1.807) is 18.5 Å². The molecule has 1 amide bonds. The number of aryl methyl sites for hydroxylation is 2. The van der Waals surface area contributed by atoms with Crippen LogP contribution in [0.5, 0.6) is 0 Å². The predicted molar refractivity (Wildman–Crippen MR) is 72.0 cm³/mol. The Morgan fingerprint density at radius 2 is 2.28 bits per heavy atom. The van der Waals surface area contributed by atoms with E-state index < -0.39 is 5.54 Å². The van der Waals surface area contributed by atoms with Crippen molar-refractivity contribution in [1.29, 1.82) is 0 Å². The molecule has 2 N–H and O–H groups in total. The minimum Gasteiger partial charge on any atom is -0.394 e. The second-order valence-corrected chi connectivity index (χ2v) is 6.07. The Bertz CT molecular complexity index is 563. The molecule has 0 bridgehead atoms. The molecular formula is C12H17N3O2S. The third kappa shape index (κ3) is 2.26. The summed E-state index contributed by atoms with van der Waals surface area (Å²) < 4.78 is 1.78. The summed E-state index contributed by atoms with van der Waals surface area (Å²) in [6, 6.07) is 1.85. The van der Waals surface area contributed by atoms with Crippen LogP contribution in [0.2, 0.25) is 0 Å². The Morgan fingerprint density at radius 1 is 1.61 bits per heavy atom. The van der Waals surface area contributed by atoms with Gasteiger partial charge in [-0.3, -0.25) is 9.48 Å². The first kappa shape index (κ1) is 13.0. The summed E-state index contributed by atoms with van der Waals surface area (Å²) in [6.45, 7) is 5.40. The van der Waals surface area contributed by atoms with E-state index in [1.807, 2.05) is 20.0 Å². The van der Waals surface area contributed by atoms with Crippen molar-refractivity contribution in [2.24, 2.45) is 7.05 Å². The van der Waals surface area contributed by atoms with Crippen LogP contribution < -0.4 is 5.32 Å². The van der Waals surface area contributed by atoms with Crippen molar-refractivity contribution in [2.45, 2.75) is 26.3 Å². The fourth-order valence-corrected chi connectivity index (χ4v) is 2.74. The van der Waals surface area contributed by atoms with Crippen LogP contribution in [0.3, 0.4) is 0 Å². The van der Waals surface area contributed by atoms with Gasteiger partial charge in [-0.15, -0.1) is 11.3 Å². The molecule has 18 heavy (non-hydrogen) atoms. The molecule has 0 aliphatic rings. The number of rotatable bonds is 3. The molecule has 0 aromatic carbocycles. The van der Waals surface area contributed by atoms with Crippen molar-refractivity contribution in [3.05, 3.63) is 16.6 Å². The molecule has 0 unspecified atom stereocenters. The van der Waals surface area contributed by atoms with Gasteiger partial charge in [0.2, 0.25) is 0 Å². The number of nitrogens with one attached hydrogen (secondary N) is 1. The van der Waals surface area contributed by atoms with Crippen LogP contribution in [0.25, 0.3) is 10.2 Å². The zero-order valence-corrected chi connectivity index (χ0v) is 11.8. The lowest BCUT2D eigenvalue weighted by atomic mass is 10.1. The monoisotopic (exact) mass is 267 g/mol. The second kappa shape index (κ2) is 4.37. The van der Waals surface area contributed by atoms with E-state index in [0.29, 0.717) is 4.88 Å². The molecule has 0 radical (unpaired) electrons. The first-order valence-electron chi connectivity index (χ1n) is 5.70. The van der Waals surface area contributed by atoms with Crippen molar-refractivity contribution < 1.29 is 9.90 Å². The maximum absolute atomic E-state index is 12.1. The van der Waals surface area contributed by atoms with Crippen molar-refractivity contribution in [3.8, 4) is 0 Å². The lowest BCUT2D eigenvalue weighted by molar-refractivity contribution is 0.0873. The van der Waals surface area contributed by atoms with E-state index in [9.17, 15) is 4.79 Å². The lowest BCUT2D eigenvalue weighted by Gasteiger charge is -2.22. The van der Waals surface area contributed by atoms with Crippen LogP contribution in [-0.4, -0.2) is 32.9 Å². The van der Waals surface area contributed by atoms with Gasteiger partial charge in [-0.05, 0) is 26.8 Å². The fourth-order valence-electron chi connectivity index (χ4n) is 1.73. The Morgan fingerprint density at radius 3 is 2.83 bits per heavy atom. The summed E-state index contributed by atoms with van der Waals surface area (Å²) in [7, 11) is 1.87. The molecule has 2 rings (SSSR count). The van der Waals surface area contributed by atoms with Gasteiger partial charge in [0.1, 0.15) is 4.83 Å². The lowest BCUT2D eigenvalue weighted by Crippen LogP contribution is -2.46. The SMILES string of the molecule is Cc1nn(C)c2sc(C(=O)NC(C)(C)CO)cc12. The third-order valence-electron chi connectivity index (χ3n) is 2.77. The molecule has 0 fully saturated rings. The summed E-state index contributed by atoms with van der Waals surface area (Å²) >= 11 is 1.41. The Kier molecular flexibility index (Phi) is 3.16. The molecule has 6 heteroatoms. The molecule has 2 heterocycles. The minimum absolute atomic E-state index is 0.0930. The van der Waals surface area contributed by atoms with Gasteiger partial charge in [0.15, 0.2) is 0 Å². The zero-order chi connectivity index (χ0) is 13.5. The highest BCUT2D eigenvalue weighted by atomic mass is 32.1. The number of aliphatic hydroxyl groups is 1. The number of hydrogen-bond donors (Lipinski definition) is 2. The fraction of sp³-hybridized carbons (Fsp3) is 0.500. The standard InChI is InChI=1S/C12H17N3O2S/c1-7-8-5-9(18-11(8)15(4)14-7)10(17)13-12(2,3)6-16/h5,16H,6H2,1-4H3,(H,13,17). The molecule has 0 saturated heterocycles. The number of aliphatic hydroxyl groups excluding tert-OH is 1. The number of fused-ring (bicyclic) bond motifs is 1. The van der Waals surface area contributed by atoms with Gasteiger partial charge < -0.3 is 10.4 Å². The number of carbonyl (C=O) groups is 1. The van der Waals surface area contributed by atoms with E-state index in [1.165, 1.54) is 11.3 Å². The van der Waals surface area contributed by atoms with E-state index in [2.05, 4.69) is 10.4 Å². The molecule has 0 spiro atoms. The van der Waals surface area contributed by atoms with E-state index in [4.69, 9.17) is 5.11 Å². The van der Waals surface area contributed by atoms with Gasteiger partial charge in [0.25, 0.3) is 5.91 Å². The maximum atomic E-state index is 12.1. The highest BCUT2D eigenvalue weighted by Crippen LogP contribution is 2.27. The first-order chi connectivity index (χ1) is 8.34. The van der Waals surface area contributed by atoms with Crippen molar-refractivity contribution in [3.63, 3.8) is 0 Å². The van der Waals surface area contributed by atoms with Crippen LogP contribution >= 0.6 is 11.3 Å². The summed E-state index contributed by atoms with van der Waals surface area (Å²) in [4.78, 5) is 13.7. The summed E-state index contributed by atoms with van der Waals surface area (Å²) in [5.41, 5.74) is 0.310. The van der Waals surface area contributed by atoms with E-state index in [-0.39, 0.29) is 12.5 Å². The number of nitrogens with zero attached hydrogens (tertiary/aromatic N) is 2. The largest absolute Gasteiger partial charge is 0.394 e. The minimum atomic E-state index is -0.611.